The molecule has 149 heavy (non-hydrogen) atoms. The molecule has 2 unspecified atom stereocenters. The van der Waals surface area contributed by atoms with Crippen molar-refractivity contribution in [1.29, 1.82) is 0 Å². The lowest BCUT2D eigenvalue weighted by Crippen LogP contribution is -2.54. The first-order valence-corrected chi connectivity index (χ1v) is 60.2. The van der Waals surface area contributed by atoms with E-state index in [1.165, 1.54) is 127 Å². The molecule has 3 amide bonds. The van der Waals surface area contributed by atoms with E-state index >= 15 is 0 Å². The highest BCUT2D eigenvalue weighted by molar-refractivity contribution is 5.70. The van der Waals surface area contributed by atoms with Crippen LogP contribution in [0.3, 0.4) is 0 Å². The quantitative estimate of drug-likeness (QED) is 0.0269. The number of amides is 3. The van der Waals surface area contributed by atoms with Crippen LogP contribution in [0.4, 0.5) is 14.4 Å². The van der Waals surface area contributed by atoms with Gasteiger partial charge in [-0.15, -0.1) is 0 Å². The van der Waals surface area contributed by atoms with Gasteiger partial charge in [0.05, 0.1) is 39.6 Å². The van der Waals surface area contributed by atoms with Crippen molar-refractivity contribution in [3.8, 4) is 11.5 Å². The largest absolute Gasteiger partial charge is 0.491 e. The Balaban J connectivity index is -0.000000540. The molecule has 3 N–H and O–H groups in total. The highest BCUT2D eigenvalue weighted by atomic mass is 16.6. The van der Waals surface area contributed by atoms with E-state index in [1.54, 1.807) is 0 Å². The van der Waals surface area contributed by atoms with Crippen LogP contribution in [0.15, 0.2) is 62.9 Å². The summed E-state index contributed by atoms with van der Waals surface area (Å²) in [6.07, 6.45) is 49.2. The third kappa shape index (κ3) is 76.7. The molecule has 0 bridgehead atoms. The summed E-state index contributed by atoms with van der Waals surface area (Å²) >= 11 is 0. The van der Waals surface area contributed by atoms with E-state index in [2.05, 4.69) is 179 Å². The summed E-state index contributed by atoms with van der Waals surface area (Å²) in [6.45, 7) is 75.7. The fourth-order valence-corrected chi connectivity index (χ4v) is 18.4. The van der Waals surface area contributed by atoms with Gasteiger partial charge in [0.1, 0.15) is 36.9 Å². The van der Waals surface area contributed by atoms with Gasteiger partial charge in [-0.2, -0.15) is 0 Å². The number of rotatable bonds is 71. The average Bonchev–Trinajstić information content (AvgIpc) is 0.784. The molecule has 1 fully saturated rings. The standard InChI is InChI=1S/C25H36O4.C19H35NO4.C19H37NO4.C15H29NO4.C12H21N3O3.C10H22.2C9H20.C6H14/c1-5-15-26-17-19-28-23-11-7-21(8-12-23)25(3,4)22-9-13-24(14-10-22)29-20-18-27-16-6-2;1-6-8-23-16(21)10-15-11-18(3,4)13-19(5,12-15)14-20-17(22)24-9-7-2;1-5-16(6-2)23-18(21)14-12-10-9-11-13-15-20-19(22)24-17(7-3)8-4;1-3-12-19-14(17)10-8-6-5-7-9-11-16-15(18)20-13-4-2;1-4-7-13-10(16)14(8-5-2)12(18)15(9-6-3)11(13)17;1-4-7-10(8-5-2)9-6-3;2*1-5-9(6-2,7-3)8-4;1-3-5-6-4-2/h7-14H,5-6,15-20H2,1-4H3;15H,6-14H2,1-5H3,(H,20,22);16-17H,5-15H2,1-4H3,(H,20,22);3-13H2,1-2H3,(H,16,18);4-9H2,1-3H3;10H,4-9H2,1-3H3;2*5-8H2,1-4H3;3-6H2,1-2H3. The van der Waals surface area contributed by atoms with Gasteiger partial charge in [0.25, 0.3) is 0 Å². The molecule has 4 rings (SSSR count). The number of unbranched alkanes of at least 4 members (excludes halogenated alkanes) is 11. The topological polar surface area (TPSA) is 297 Å². The Kier molecular flexibility index (Phi) is 99.4. The number of nitrogens with one attached hydrogen (secondary N) is 3. The van der Waals surface area contributed by atoms with E-state index in [9.17, 15) is 43.2 Å². The molecule has 2 atom stereocenters. The molecule has 25 nitrogen and oxygen atoms in total. The van der Waals surface area contributed by atoms with Crippen LogP contribution in [0.25, 0.3) is 0 Å². The van der Waals surface area contributed by atoms with Crippen LogP contribution < -0.4 is 42.5 Å². The number of carbonyl (C=O) groups excluding carboxylic acids is 6. The molecular formula is C124H234N6O19. The molecule has 1 saturated carbocycles. The van der Waals surface area contributed by atoms with Gasteiger partial charge in [-0.1, -0.05) is 393 Å². The van der Waals surface area contributed by atoms with Crippen molar-refractivity contribution in [2.75, 3.05) is 85.7 Å². The maximum atomic E-state index is 12.1. The number of esters is 3. The number of hydrogen-bond acceptors (Lipinski definition) is 19. The highest BCUT2D eigenvalue weighted by Crippen LogP contribution is 2.49. The minimum absolute atomic E-state index is 0.0183. The number of nitrogens with zero attached hydrogens (tertiary/aromatic N) is 3. The molecule has 1 aromatic heterocycles. The molecule has 1 aliphatic rings. The summed E-state index contributed by atoms with van der Waals surface area (Å²) in [5.74, 6) is 2.81. The van der Waals surface area contributed by atoms with Gasteiger partial charge in [-0.3, -0.25) is 14.4 Å². The monoisotopic (exact) mass is 2110 g/mol. The zero-order valence-electron chi connectivity index (χ0n) is 102. The normalized spacial score (nSPS) is 13.3. The minimum Gasteiger partial charge on any atom is -0.491 e. The van der Waals surface area contributed by atoms with Crippen LogP contribution in [0, 0.1) is 33.5 Å². The lowest BCUT2D eigenvalue weighted by Gasteiger charge is -2.46. The lowest BCUT2D eigenvalue weighted by molar-refractivity contribution is -0.149. The molecule has 25 heteroatoms. The molecule has 1 aliphatic carbocycles. The number of hydrogen-bond donors (Lipinski definition) is 3. The lowest BCUT2D eigenvalue weighted by atomic mass is 9.60. The minimum atomic E-state index is -0.485. The Labute approximate surface area is 912 Å². The van der Waals surface area contributed by atoms with Gasteiger partial charge >= 0.3 is 53.3 Å². The van der Waals surface area contributed by atoms with Crippen molar-refractivity contribution in [2.24, 2.45) is 33.5 Å². The van der Waals surface area contributed by atoms with Crippen LogP contribution in [0.2, 0.25) is 0 Å². The second kappa shape index (κ2) is 98.7. The maximum absolute atomic E-state index is 12.1. The van der Waals surface area contributed by atoms with Crippen molar-refractivity contribution in [2.45, 2.75) is 554 Å². The van der Waals surface area contributed by atoms with E-state index in [1.807, 2.05) is 100 Å². The number of alkyl carbamates (subject to hydrolysis) is 3. The molecule has 0 aliphatic heterocycles. The summed E-state index contributed by atoms with van der Waals surface area (Å²) in [7, 11) is 0. The van der Waals surface area contributed by atoms with Crippen LogP contribution >= 0.6 is 0 Å². The molecule has 1 heterocycles. The average molecular weight is 2110 g/mol. The van der Waals surface area contributed by atoms with Crippen molar-refractivity contribution in [3.05, 3.63) is 91.1 Å². The molecule has 2 aromatic carbocycles. The van der Waals surface area contributed by atoms with Gasteiger partial charge in [-0.25, -0.2) is 42.5 Å². The van der Waals surface area contributed by atoms with Gasteiger partial charge in [0.2, 0.25) is 0 Å². The van der Waals surface area contributed by atoms with E-state index in [0.29, 0.717) is 147 Å². The smallest absolute Gasteiger partial charge is 0.407 e. The SMILES string of the molecule is CCC(CC)(CC)CC.CCC(CC)(CC)CC.CCC(CC)OC(=O)CCCCCCCNC(=O)OC(CC)CC.CCCC(CCC)CCC.CCCCCC.CCCOC(=O)CC1CC(C)(C)CC(C)(CNC(=O)OCCC)C1.CCCOC(=O)CCCCCCCNC(=O)OCCC.CCCOCCOc1ccc(C(C)(C)c2ccc(OCCOCCC)cc2)cc1.CCCn1c(=O)n(CCC)c(=O)n(CCC)c1=O. The van der Waals surface area contributed by atoms with Gasteiger partial charge in [-0.05, 0) is 197 Å². The fraction of sp³-hybridized carbons (Fsp3) is 0.831. The number of aromatic nitrogens is 3. The van der Waals surface area contributed by atoms with E-state index in [-0.39, 0.29) is 64.6 Å². The van der Waals surface area contributed by atoms with Gasteiger partial charge in [0.15, 0.2) is 0 Å². The summed E-state index contributed by atoms with van der Waals surface area (Å²) in [4.78, 5) is 105. The van der Waals surface area contributed by atoms with Crippen molar-refractivity contribution >= 4 is 36.2 Å². The Morgan fingerprint density at radius 2 is 0.671 bits per heavy atom. The Morgan fingerprint density at radius 1 is 0.342 bits per heavy atom. The molecular weight excluding hydrogens is 1880 g/mol. The zero-order valence-corrected chi connectivity index (χ0v) is 102. The van der Waals surface area contributed by atoms with Crippen molar-refractivity contribution in [1.82, 2.24) is 29.7 Å². The van der Waals surface area contributed by atoms with Crippen LogP contribution in [-0.4, -0.2) is 148 Å². The van der Waals surface area contributed by atoms with Crippen LogP contribution in [0.1, 0.15) is 528 Å². The Hall–Kier alpha value is -7.41. The molecule has 874 valence electrons. The fourth-order valence-electron chi connectivity index (χ4n) is 18.4. The Bertz CT molecular complexity index is 3510. The summed E-state index contributed by atoms with van der Waals surface area (Å²) in [6, 6.07) is 16.7. The Morgan fingerprint density at radius 3 is 1.01 bits per heavy atom. The van der Waals surface area contributed by atoms with E-state index < -0.39 is 17.1 Å². The van der Waals surface area contributed by atoms with E-state index in [4.69, 9.17) is 47.4 Å². The summed E-state index contributed by atoms with van der Waals surface area (Å²) in [5.41, 5.74) is 2.39. The van der Waals surface area contributed by atoms with Gasteiger partial charge in [0, 0.05) is 77.2 Å². The zero-order chi connectivity index (χ0) is 113. The first-order chi connectivity index (χ1) is 71.4. The highest BCUT2D eigenvalue weighted by Gasteiger charge is 2.42. The second-order valence-corrected chi connectivity index (χ2v) is 42.0. The first kappa shape index (κ1) is 150. The van der Waals surface area contributed by atoms with Crippen molar-refractivity contribution in [3.63, 3.8) is 0 Å². The molecule has 3 aromatic rings. The number of benzene rings is 2. The molecule has 0 radical (unpaired) electrons. The summed E-state index contributed by atoms with van der Waals surface area (Å²) in [5, 5.41) is 8.40. The third-order valence-electron chi connectivity index (χ3n) is 28.1. The predicted octanol–water partition coefficient (Wildman–Crippen LogP) is 32.5. The predicted molar refractivity (Wildman–Crippen MR) is 624 cm³/mol. The van der Waals surface area contributed by atoms with Crippen LogP contribution in [0.5, 0.6) is 11.5 Å². The summed E-state index contributed by atoms with van der Waals surface area (Å²) < 4.78 is 56.7. The second-order valence-electron chi connectivity index (χ2n) is 42.0. The van der Waals surface area contributed by atoms with Crippen LogP contribution in [-0.2, 0) is 77.3 Å². The number of ether oxygens (including phenoxy) is 10. The van der Waals surface area contributed by atoms with Crippen molar-refractivity contribution < 1.29 is 76.1 Å². The van der Waals surface area contributed by atoms with Gasteiger partial charge < -0.3 is 63.3 Å². The third-order valence-corrected chi connectivity index (χ3v) is 28.1. The number of carbonyl (C=O) groups is 6. The molecule has 0 saturated heterocycles. The first-order valence-electron chi connectivity index (χ1n) is 60.2. The maximum Gasteiger partial charge on any atom is 0.407 e. The van der Waals surface area contributed by atoms with E-state index in [0.717, 1.165) is 192 Å². The molecule has 0 spiro atoms.